The minimum atomic E-state index is -0.107. The van der Waals surface area contributed by atoms with Crippen LogP contribution in [0.3, 0.4) is 0 Å². The molecule has 0 amide bonds. The van der Waals surface area contributed by atoms with E-state index in [2.05, 4.69) is 0 Å². The van der Waals surface area contributed by atoms with Crippen molar-refractivity contribution in [2.75, 3.05) is 6.61 Å². The Morgan fingerprint density at radius 1 is 1.29 bits per heavy atom. The zero-order chi connectivity index (χ0) is 12.3. The van der Waals surface area contributed by atoms with Crippen molar-refractivity contribution in [3.63, 3.8) is 0 Å². The average Bonchev–Trinajstić information content (AvgIpc) is 2.82. The van der Waals surface area contributed by atoms with Crippen LogP contribution >= 0.6 is 23.2 Å². The van der Waals surface area contributed by atoms with Crippen molar-refractivity contribution in [2.24, 2.45) is 0 Å². The van der Waals surface area contributed by atoms with Crippen molar-refractivity contribution < 1.29 is 9.53 Å². The number of hydrogen-bond acceptors (Lipinski definition) is 2. The van der Waals surface area contributed by atoms with Gasteiger partial charge in [0.1, 0.15) is 6.61 Å². The molecule has 0 bridgehead atoms. The highest BCUT2D eigenvalue weighted by molar-refractivity contribution is 6.35. The lowest BCUT2D eigenvalue weighted by Gasteiger charge is -2.10. The molecule has 2 nitrogen and oxygen atoms in total. The molecule has 0 unspecified atom stereocenters. The van der Waals surface area contributed by atoms with Crippen LogP contribution in [0.5, 0.6) is 0 Å². The van der Waals surface area contributed by atoms with E-state index in [1.165, 1.54) is 12.8 Å². The maximum Gasteiger partial charge on any atom is 0.190 e. The van der Waals surface area contributed by atoms with Gasteiger partial charge in [0.25, 0.3) is 0 Å². The highest BCUT2D eigenvalue weighted by Crippen LogP contribution is 2.23. The SMILES string of the molecule is O=C(COC1CCCC1)c1cc(Cl)ccc1Cl. The molecule has 1 aromatic rings. The van der Waals surface area contributed by atoms with Crippen molar-refractivity contribution in [1.82, 2.24) is 0 Å². The van der Waals surface area contributed by atoms with Gasteiger partial charge in [0.2, 0.25) is 0 Å². The van der Waals surface area contributed by atoms with Crippen LogP contribution in [-0.2, 0) is 4.74 Å². The van der Waals surface area contributed by atoms with Gasteiger partial charge in [0.05, 0.1) is 11.1 Å². The Bertz CT molecular complexity index is 412. The highest BCUT2D eigenvalue weighted by Gasteiger charge is 2.18. The third-order valence-corrected chi connectivity index (χ3v) is 3.55. The second-order valence-corrected chi connectivity index (χ2v) is 5.11. The summed E-state index contributed by atoms with van der Waals surface area (Å²) in [6, 6.07) is 4.88. The number of ketones is 1. The number of rotatable bonds is 4. The van der Waals surface area contributed by atoms with Crippen LogP contribution in [0, 0.1) is 0 Å². The Labute approximate surface area is 111 Å². The molecule has 17 heavy (non-hydrogen) atoms. The molecule has 1 aliphatic rings. The van der Waals surface area contributed by atoms with E-state index < -0.39 is 0 Å². The van der Waals surface area contributed by atoms with Crippen LogP contribution in [0.15, 0.2) is 18.2 Å². The zero-order valence-electron chi connectivity index (χ0n) is 9.42. The summed E-state index contributed by atoms with van der Waals surface area (Å²) >= 11 is 11.8. The van der Waals surface area contributed by atoms with Crippen molar-refractivity contribution in [3.8, 4) is 0 Å². The normalized spacial score (nSPS) is 16.4. The largest absolute Gasteiger partial charge is 0.370 e. The van der Waals surface area contributed by atoms with Crippen LogP contribution in [0.25, 0.3) is 0 Å². The quantitative estimate of drug-likeness (QED) is 0.771. The summed E-state index contributed by atoms with van der Waals surface area (Å²) in [4.78, 5) is 11.9. The highest BCUT2D eigenvalue weighted by atomic mass is 35.5. The summed E-state index contributed by atoms with van der Waals surface area (Å²) in [7, 11) is 0. The molecule has 0 radical (unpaired) electrons. The summed E-state index contributed by atoms with van der Waals surface area (Å²) in [5, 5.41) is 0.938. The first-order valence-electron chi connectivity index (χ1n) is 5.76. The number of halogens is 2. The van der Waals surface area contributed by atoms with E-state index in [9.17, 15) is 4.79 Å². The van der Waals surface area contributed by atoms with E-state index in [0.717, 1.165) is 12.8 Å². The van der Waals surface area contributed by atoms with Gasteiger partial charge in [-0.3, -0.25) is 4.79 Å². The maximum atomic E-state index is 11.9. The number of Topliss-reactive ketones (excluding diaryl/α,β-unsaturated/α-hetero) is 1. The van der Waals surface area contributed by atoms with Crippen molar-refractivity contribution >= 4 is 29.0 Å². The van der Waals surface area contributed by atoms with Crippen LogP contribution in [0.4, 0.5) is 0 Å². The minimum absolute atomic E-state index is 0.0880. The lowest BCUT2D eigenvalue weighted by Crippen LogP contribution is -2.16. The van der Waals surface area contributed by atoms with Gasteiger partial charge in [-0.25, -0.2) is 0 Å². The van der Waals surface area contributed by atoms with Gasteiger partial charge in [-0.2, -0.15) is 0 Å². The summed E-state index contributed by atoms with van der Waals surface area (Å²) < 4.78 is 5.56. The van der Waals surface area contributed by atoms with Gasteiger partial charge in [0, 0.05) is 10.6 Å². The van der Waals surface area contributed by atoms with E-state index in [1.54, 1.807) is 18.2 Å². The molecule has 92 valence electrons. The third-order valence-electron chi connectivity index (χ3n) is 2.98. The van der Waals surface area contributed by atoms with Crippen molar-refractivity contribution in [1.29, 1.82) is 0 Å². The summed E-state index contributed by atoms with van der Waals surface area (Å²) in [6.45, 7) is 0.0880. The second-order valence-electron chi connectivity index (χ2n) is 4.26. The number of benzene rings is 1. The van der Waals surface area contributed by atoms with Gasteiger partial charge in [-0.1, -0.05) is 36.0 Å². The Kier molecular flexibility index (Phi) is 4.43. The van der Waals surface area contributed by atoms with Gasteiger partial charge >= 0.3 is 0 Å². The molecule has 0 N–H and O–H groups in total. The Balaban J connectivity index is 1.96. The maximum absolute atomic E-state index is 11.9. The first-order chi connectivity index (χ1) is 8.16. The molecule has 0 aromatic heterocycles. The van der Waals surface area contributed by atoms with E-state index in [0.29, 0.717) is 15.6 Å². The molecule has 1 aromatic carbocycles. The van der Waals surface area contributed by atoms with Gasteiger partial charge < -0.3 is 4.74 Å². The first kappa shape index (κ1) is 12.9. The molecule has 1 aliphatic carbocycles. The molecular weight excluding hydrogens is 259 g/mol. The number of ether oxygens (including phenoxy) is 1. The van der Waals surface area contributed by atoms with Crippen molar-refractivity contribution in [3.05, 3.63) is 33.8 Å². The van der Waals surface area contributed by atoms with E-state index in [4.69, 9.17) is 27.9 Å². The van der Waals surface area contributed by atoms with Gasteiger partial charge in [-0.15, -0.1) is 0 Å². The van der Waals surface area contributed by atoms with Crippen LogP contribution in [0.2, 0.25) is 10.0 Å². The van der Waals surface area contributed by atoms with Gasteiger partial charge in [0.15, 0.2) is 5.78 Å². The predicted octanol–water partition coefficient (Wildman–Crippen LogP) is 4.14. The molecule has 1 fully saturated rings. The summed E-state index contributed by atoms with van der Waals surface area (Å²) in [6.07, 6.45) is 4.72. The molecule has 0 aliphatic heterocycles. The predicted molar refractivity (Wildman–Crippen MR) is 69.0 cm³/mol. The number of hydrogen-bond donors (Lipinski definition) is 0. The Morgan fingerprint density at radius 2 is 2.00 bits per heavy atom. The van der Waals surface area contributed by atoms with Crippen LogP contribution in [-0.4, -0.2) is 18.5 Å². The number of carbonyl (C=O) groups is 1. The van der Waals surface area contributed by atoms with Gasteiger partial charge in [-0.05, 0) is 31.0 Å². The summed E-state index contributed by atoms with van der Waals surface area (Å²) in [5.74, 6) is -0.107. The molecule has 0 heterocycles. The lowest BCUT2D eigenvalue weighted by molar-refractivity contribution is 0.0482. The smallest absolute Gasteiger partial charge is 0.190 e. The van der Waals surface area contributed by atoms with Crippen LogP contribution < -0.4 is 0 Å². The average molecular weight is 273 g/mol. The molecule has 4 heteroatoms. The fourth-order valence-corrected chi connectivity index (χ4v) is 2.43. The zero-order valence-corrected chi connectivity index (χ0v) is 10.9. The first-order valence-corrected chi connectivity index (χ1v) is 6.52. The number of carbonyl (C=O) groups excluding carboxylic acids is 1. The summed E-state index contributed by atoms with van der Waals surface area (Å²) in [5.41, 5.74) is 0.442. The standard InChI is InChI=1S/C13H14Cl2O2/c14-9-5-6-12(15)11(7-9)13(16)8-17-10-3-1-2-4-10/h5-7,10H,1-4,8H2. The lowest BCUT2D eigenvalue weighted by atomic mass is 10.1. The van der Waals surface area contributed by atoms with Crippen molar-refractivity contribution in [2.45, 2.75) is 31.8 Å². The van der Waals surface area contributed by atoms with E-state index >= 15 is 0 Å². The van der Waals surface area contributed by atoms with E-state index in [1.807, 2.05) is 0 Å². The second kappa shape index (κ2) is 5.85. The molecule has 2 rings (SSSR count). The fraction of sp³-hybridized carbons (Fsp3) is 0.462. The minimum Gasteiger partial charge on any atom is -0.370 e. The molecule has 0 spiro atoms. The third kappa shape index (κ3) is 3.44. The topological polar surface area (TPSA) is 26.3 Å². The molecule has 0 saturated heterocycles. The molecule has 1 saturated carbocycles. The fourth-order valence-electron chi connectivity index (χ4n) is 2.04. The van der Waals surface area contributed by atoms with E-state index in [-0.39, 0.29) is 18.5 Å². The van der Waals surface area contributed by atoms with Crippen LogP contribution in [0.1, 0.15) is 36.0 Å². The Morgan fingerprint density at radius 3 is 2.71 bits per heavy atom. The Hall–Kier alpha value is -0.570. The molecule has 0 atom stereocenters. The monoisotopic (exact) mass is 272 g/mol. The molecular formula is C13H14Cl2O2.